The van der Waals surface area contributed by atoms with Gasteiger partial charge in [0.25, 0.3) is 5.91 Å². The zero-order valence-corrected chi connectivity index (χ0v) is 15.3. The van der Waals surface area contributed by atoms with Crippen LogP contribution in [0.15, 0.2) is 60.8 Å². The van der Waals surface area contributed by atoms with Crippen LogP contribution in [0.3, 0.4) is 0 Å². The van der Waals surface area contributed by atoms with E-state index >= 15 is 0 Å². The van der Waals surface area contributed by atoms with Gasteiger partial charge in [0.05, 0.1) is 7.11 Å². The number of carbonyl (C=O) groups excluding carboxylic acids is 1. The Morgan fingerprint density at radius 2 is 1.62 bits per heavy atom. The number of aromatic nitrogens is 1. The Kier molecular flexibility index (Phi) is 5.61. The van der Waals surface area contributed by atoms with Gasteiger partial charge >= 0.3 is 0 Å². The van der Waals surface area contributed by atoms with Crippen molar-refractivity contribution in [1.82, 2.24) is 4.98 Å². The highest BCUT2D eigenvalue weighted by Crippen LogP contribution is 2.25. The number of rotatable bonds is 5. The van der Waals surface area contributed by atoms with Gasteiger partial charge in [0.1, 0.15) is 11.4 Å². The van der Waals surface area contributed by atoms with Crippen LogP contribution in [0.5, 0.6) is 5.75 Å². The van der Waals surface area contributed by atoms with Crippen molar-refractivity contribution in [2.45, 2.75) is 0 Å². The van der Waals surface area contributed by atoms with Crippen LogP contribution in [0, 0.1) is 0 Å². The normalized spacial score (nSPS) is 10.3. The summed E-state index contributed by atoms with van der Waals surface area (Å²) in [5.41, 5.74) is 2.34. The molecule has 7 heteroatoms. The Bertz CT molecular complexity index is 910. The van der Waals surface area contributed by atoms with Crippen molar-refractivity contribution in [3.8, 4) is 5.75 Å². The molecule has 2 aromatic carbocycles. The van der Waals surface area contributed by atoms with Gasteiger partial charge in [0.15, 0.2) is 0 Å². The minimum atomic E-state index is -0.317. The number of ether oxygens (including phenoxy) is 1. The molecule has 132 valence electrons. The van der Waals surface area contributed by atoms with E-state index in [4.69, 9.17) is 27.9 Å². The summed E-state index contributed by atoms with van der Waals surface area (Å²) in [6.07, 6.45) is 1.55. The van der Waals surface area contributed by atoms with Crippen molar-refractivity contribution in [3.05, 3.63) is 76.5 Å². The maximum Gasteiger partial charge on any atom is 0.274 e. The summed E-state index contributed by atoms with van der Waals surface area (Å²) in [7, 11) is 1.59. The Labute approximate surface area is 160 Å². The Hall–Kier alpha value is -2.76. The first kappa shape index (κ1) is 18.0. The topological polar surface area (TPSA) is 63.2 Å². The first-order valence-electron chi connectivity index (χ1n) is 7.68. The molecule has 26 heavy (non-hydrogen) atoms. The number of benzene rings is 2. The smallest absolute Gasteiger partial charge is 0.274 e. The molecule has 0 spiro atoms. The second-order valence-electron chi connectivity index (χ2n) is 5.40. The standard InChI is InChI=1S/C19H15Cl2N3O2/c1-26-17-4-2-14(3-5-17)24-19(25)18-11-15(6-7-22-18)23-16-9-12(20)8-13(21)10-16/h2-11H,1H3,(H,22,23)(H,24,25). The molecule has 1 aromatic heterocycles. The van der Waals surface area contributed by atoms with E-state index in [1.54, 1.807) is 67.9 Å². The van der Waals surface area contributed by atoms with Crippen LogP contribution in [0.4, 0.5) is 17.1 Å². The summed E-state index contributed by atoms with van der Waals surface area (Å²) in [4.78, 5) is 16.5. The molecule has 0 bridgehead atoms. The molecular weight excluding hydrogens is 373 g/mol. The van der Waals surface area contributed by atoms with Gasteiger partial charge < -0.3 is 15.4 Å². The van der Waals surface area contributed by atoms with Gasteiger partial charge in [-0.05, 0) is 54.6 Å². The Morgan fingerprint density at radius 3 is 2.27 bits per heavy atom. The van der Waals surface area contributed by atoms with E-state index in [2.05, 4.69) is 15.6 Å². The average molecular weight is 388 g/mol. The highest BCUT2D eigenvalue weighted by Gasteiger charge is 2.09. The van der Waals surface area contributed by atoms with Gasteiger partial charge in [-0.1, -0.05) is 23.2 Å². The number of nitrogens with one attached hydrogen (secondary N) is 2. The number of anilines is 3. The number of hydrogen-bond acceptors (Lipinski definition) is 4. The molecule has 0 aliphatic heterocycles. The Morgan fingerprint density at radius 1 is 0.923 bits per heavy atom. The van der Waals surface area contributed by atoms with E-state index < -0.39 is 0 Å². The van der Waals surface area contributed by atoms with Crippen LogP contribution in [-0.2, 0) is 0 Å². The maximum atomic E-state index is 12.4. The van der Waals surface area contributed by atoms with E-state index in [1.807, 2.05) is 0 Å². The monoisotopic (exact) mass is 387 g/mol. The predicted molar refractivity (Wildman–Crippen MR) is 105 cm³/mol. The number of carbonyl (C=O) groups is 1. The lowest BCUT2D eigenvalue weighted by molar-refractivity contribution is 0.102. The zero-order chi connectivity index (χ0) is 18.5. The van der Waals surface area contributed by atoms with Crippen molar-refractivity contribution in [3.63, 3.8) is 0 Å². The Balaban J connectivity index is 1.74. The summed E-state index contributed by atoms with van der Waals surface area (Å²) in [6, 6.07) is 15.6. The number of halogens is 2. The molecule has 0 saturated heterocycles. The highest BCUT2D eigenvalue weighted by molar-refractivity contribution is 6.35. The molecule has 0 radical (unpaired) electrons. The second kappa shape index (κ2) is 8.08. The summed E-state index contributed by atoms with van der Waals surface area (Å²) in [5.74, 6) is 0.399. The van der Waals surface area contributed by atoms with Crippen molar-refractivity contribution in [2.75, 3.05) is 17.7 Å². The zero-order valence-electron chi connectivity index (χ0n) is 13.8. The molecule has 3 rings (SSSR count). The van der Waals surface area contributed by atoms with E-state index in [9.17, 15) is 4.79 Å². The lowest BCUT2D eigenvalue weighted by Gasteiger charge is -2.10. The third-order valence-corrected chi connectivity index (χ3v) is 3.93. The summed E-state index contributed by atoms with van der Waals surface area (Å²) in [6.45, 7) is 0. The fraction of sp³-hybridized carbons (Fsp3) is 0.0526. The van der Waals surface area contributed by atoms with Crippen molar-refractivity contribution in [2.24, 2.45) is 0 Å². The molecule has 1 amide bonds. The van der Waals surface area contributed by atoms with Gasteiger partial charge in [0.2, 0.25) is 0 Å². The minimum Gasteiger partial charge on any atom is -0.497 e. The average Bonchev–Trinajstić information content (AvgIpc) is 2.61. The molecule has 0 fully saturated rings. The summed E-state index contributed by atoms with van der Waals surface area (Å²) >= 11 is 12.0. The number of pyridine rings is 1. The van der Waals surface area contributed by atoms with Crippen molar-refractivity contribution < 1.29 is 9.53 Å². The van der Waals surface area contributed by atoms with Crippen LogP contribution in [-0.4, -0.2) is 18.0 Å². The molecule has 5 nitrogen and oxygen atoms in total. The predicted octanol–water partition coefficient (Wildman–Crippen LogP) is 5.39. The highest BCUT2D eigenvalue weighted by atomic mass is 35.5. The number of hydrogen-bond donors (Lipinski definition) is 2. The molecule has 1 heterocycles. The van der Waals surface area contributed by atoms with Crippen LogP contribution < -0.4 is 15.4 Å². The maximum absolute atomic E-state index is 12.4. The third kappa shape index (κ3) is 4.65. The molecule has 3 aromatic rings. The van der Waals surface area contributed by atoms with E-state index in [1.165, 1.54) is 0 Å². The lowest BCUT2D eigenvalue weighted by atomic mass is 10.2. The number of methoxy groups -OCH3 is 1. The largest absolute Gasteiger partial charge is 0.497 e. The first-order chi connectivity index (χ1) is 12.5. The molecule has 0 atom stereocenters. The van der Waals surface area contributed by atoms with Crippen LogP contribution >= 0.6 is 23.2 Å². The summed E-state index contributed by atoms with van der Waals surface area (Å²) < 4.78 is 5.10. The third-order valence-electron chi connectivity index (χ3n) is 3.49. The molecule has 0 aliphatic carbocycles. The van der Waals surface area contributed by atoms with Gasteiger partial charge in [-0.15, -0.1) is 0 Å². The molecule has 2 N–H and O–H groups in total. The summed E-state index contributed by atoms with van der Waals surface area (Å²) in [5, 5.41) is 6.99. The van der Waals surface area contributed by atoms with Gasteiger partial charge in [-0.25, -0.2) is 0 Å². The van der Waals surface area contributed by atoms with Crippen LogP contribution in [0.1, 0.15) is 10.5 Å². The first-order valence-corrected chi connectivity index (χ1v) is 8.43. The van der Waals surface area contributed by atoms with E-state index in [0.29, 0.717) is 27.2 Å². The fourth-order valence-electron chi connectivity index (χ4n) is 2.29. The van der Waals surface area contributed by atoms with Gasteiger partial charge in [0, 0.05) is 33.3 Å². The molecule has 0 saturated carbocycles. The second-order valence-corrected chi connectivity index (χ2v) is 6.27. The SMILES string of the molecule is COc1ccc(NC(=O)c2cc(Nc3cc(Cl)cc(Cl)c3)ccn2)cc1. The van der Waals surface area contributed by atoms with Crippen molar-refractivity contribution in [1.29, 1.82) is 0 Å². The quantitative estimate of drug-likeness (QED) is 0.615. The van der Waals surface area contributed by atoms with E-state index in [0.717, 1.165) is 5.69 Å². The van der Waals surface area contributed by atoms with E-state index in [-0.39, 0.29) is 11.6 Å². The van der Waals surface area contributed by atoms with Gasteiger partial charge in [-0.2, -0.15) is 0 Å². The van der Waals surface area contributed by atoms with Crippen LogP contribution in [0.25, 0.3) is 0 Å². The van der Waals surface area contributed by atoms with Crippen LogP contribution in [0.2, 0.25) is 10.0 Å². The molecule has 0 aliphatic rings. The fourth-order valence-corrected chi connectivity index (χ4v) is 2.82. The minimum absolute atomic E-state index is 0.277. The number of amides is 1. The van der Waals surface area contributed by atoms with Gasteiger partial charge in [-0.3, -0.25) is 9.78 Å². The number of nitrogens with zero attached hydrogens (tertiary/aromatic N) is 1. The molecular formula is C19H15Cl2N3O2. The molecule has 0 unspecified atom stereocenters. The lowest BCUT2D eigenvalue weighted by Crippen LogP contribution is -2.13. The van der Waals surface area contributed by atoms with Crippen molar-refractivity contribution >= 4 is 46.2 Å².